The summed E-state index contributed by atoms with van der Waals surface area (Å²) in [5.41, 5.74) is 5.94. The summed E-state index contributed by atoms with van der Waals surface area (Å²) in [6.07, 6.45) is 1.39. The van der Waals surface area contributed by atoms with E-state index in [0.717, 1.165) is 0 Å². The predicted octanol–water partition coefficient (Wildman–Crippen LogP) is 0.0380. The number of anilines is 1. The van der Waals surface area contributed by atoms with Crippen LogP contribution in [0.25, 0.3) is 11.0 Å². The molecule has 0 saturated heterocycles. The van der Waals surface area contributed by atoms with Crippen LogP contribution in [0.3, 0.4) is 0 Å². The van der Waals surface area contributed by atoms with Crippen molar-refractivity contribution in [1.82, 2.24) is 19.7 Å². The van der Waals surface area contributed by atoms with Crippen LogP contribution in [-0.2, 0) is 16.6 Å². The Morgan fingerprint density at radius 2 is 2.37 bits per heavy atom. The minimum atomic E-state index is -0.671. The van der Waals surface area contributed by atoms with Gasteiger partial charge < -0.3 is 15.8 Å². The van der Waals surface area contributed by atoms with Gasteiger partial charge >= 0.3 is 0 Å². The number of carbonyl (C=O) groups excluding carboxylic acids is 1. The van der Waals surface area contributed by atoms with E-state index in [1.165, 1.54) is 13.4 Å². The van der Waals surface area contributed by atoms with E-state index < -0.39 is 11.9 Å². The maximum atomic E-state index is 11.3. The van der Waals surface area contributed by atoms with Gasteiger partial charge in [0.25, 0.3) is 0 Å². The molecule has 0 saturated carbocycles. The lowest BCUT2D eigenvalue weighted by molar-refractivity contribution is -0.119. The van der Waals surface area contributed by atoms with Crippen LogP contribution in [0.2, 0.25) is 0 Å². The second-order valence-electron chi connectivity index (χ2n) is 3.89. The van der Waals surface area contributed by atoms with Crippen molar-refractivity contribution in [3.63, 3.8) is 0 Å². The van der Waals surface area contributed by atoms with E-state index in [1.807, 2.05) is 0 Å². The number of halogens is 1. The summed E-state index contributed by atoms with van der Waals surface area (Å²) in [7, 11) is 3.26. The van der Waals surface area contributed by atoms with Crippen molar-refractivity contribution in [1.29, 1.82) is 0 Å². The summed E-state index contributed by atoms with van der Waals surface area (Å²) in [4.78, 5) is 19.6. The molecular weight excluding hydrogens is 316 g/mol. The number of amides is 1. The summed E-state index contributed by atoms with van der Waals surface area (Å²) in [6, 6.07) is -0.671. The van der Waals surface area contributed by atoms with E-state index in [2.05, 4.69) is 36.3 Å². The number of methoxy groups -OCH3 is 1. The number of rotatable bonds is 5. The molecule has 0 spiro atoms. The van der Waals surface area contributed by atoms with E-state index in [9.17, 15) is 4.79 Å². The fourth-order valence-electron chi connectivity index (χ4n) is 1.68. The number of aryl methyl sites for hydroxylation is 1. The Labute approximate surface area is 117 Å². The Bertz CT molecular complexity index is 613. The molecule has 19 heavy (non-hydrogen) atoms. The van der Waals surface area contributed by atoms with Crippen LogP contribution in [0.15, 0.2) is 10.9 Å². The zero-order valence-corrected chi connectivity index (χ0v) is 12.0. The van der Waals surface area contributed by atoms with Crippen LogP contribution in [0, 0.1) is 0 Å². The zero-order valence-electron chi connectivity index (χ0n) is 10.4. The standard InChI is InChI=1S/C10H13BrN6O2/c1-17-10-6(7(11)16-17)9(13-4-14-10)15-5(3-19-2)8(12)18/h4-5H,3H2,1-2H3,(H2,12,18)(H,13,14,15)/t5-/m0/s1. The molecule has 2 aromatic heterocycles. The number of fused-ring (bicyclic) bond motifs is 1. The SMILES string of the molecule is COC[C@H](Nc1ncnc2c1c(Br)nn2C)C(N)=O. The Balaban J connectivity index is 2.42. The lowest BCUT2D eigenvalue weighted by atomic mass is 10.3. The monoisotopic (exact) mass is 328 g/mol. The number of primary amides is 1. The zero-order chi connectivity index (χ0) is 14.0. The van der Waals surface area contributed by atoms with Gasteiger partial charge in [0, 0.05) is 14.2 Å². The molecule has 0 aliphatic heterocycles. The summed E-state index contributed by atoms with van der Waals surface area (Å²) in [5, 5.41) is 7.82. The van der Waals surface area contributed by atoms with Crippen LogP contribution in [0.5, 0.6) is 0 Å². The molecule has 9 heteroatoms. The third kappa shape index (κ3) is 2.66. The summed E-state index contributed by atoms with van der Waals surface area (Å²) in [6.45, 7) is 0.151. The average molecular weight is 329 g/mol. The van der Waals surface area contributed by atoms with Gasteiger partial charge in [0.15, 0.2) is 5.65 Å². The Morgan fingerprint density at radius 3 is 3.00 bits per heavy atom. The van der Waals surface area contributed by atoms with Gasteiger partial charge in [-0.05, 0) is 15.9 Å². The number of aromatic nitrogens is 4. The first-order valence-electron chi connectivity index (χ1n) is 5.42. The largest absolute Gasteiger partial charge is 0.382 e. The molecule has 0 unspecified atom stereocenters. The topological polar surface area (TPSA) is 108 Å². The molecule has 3 N–H and O–H groups in total. The minimum absolute atomic E-state index is 0.151. The number of carbonyl (C=O) groups is 1. The number of nitrogens with one attached hydrogen (secondary N) is 1. The normalized spacial score (nSPS) is 12.6. The summed E-state index contributed by atoms with van der Waals surface area (Å²) >= 11 is 3.34. The molecule has 102 valence electrons. The van der Waals surface area contributed by atoms with Gasteiger partial charge in [-0.1, -0.05) is 0 Å². The second-order valence-corrected chi connectivity index (χ2v) is 4.64. The molecule has 0 fully saturated rings. The maximum Gasteiger partial charge on any atom is 0.242 e. The minimum Gasteiger partial charge on any atom is -0.382 e. The first kappa shape index (κ1) is 13.7. The highest BCUT2D eigenvalue weighted by Crippen LogP contribution is 2.27. The van der Waals surface area contributed by atoms with Crippen molar-refractivity contribution in [2.75, 3.05) is 19.0 Å². The van der Waals surface area contributed by atoms with Crippen molar-refractivity contribution < 1.29 is 9.53 Å². The second kappa shape index (κ2) is 5.49. The first-order chi connectivity index (χ1) is 9.04. The van der Waals surface area contributed by atoms with Gasteiger partial charge in [0.2, 0.25) is 5.91 Å². The van der Waals surface area contributed by atoms with Crippen molar-refractivity contribution in [2.45, 2.75) is 6.04 Å². The number of hydrogen-bond donors (Lipinski definition) is 2. The van der Waals surface area contributed by atoms with Crippen LogP contribution in [-0.4, -0.2) is 45.4 Å². The van der Waals surface area contributed by atoms with E-state index in [1.54, 1.807) is 11.7 Å². The predicted molar refractivity (Wildman–Crippen MR) is 72.5 cm³/mol. The molecule has 2 rings (SSSR count). The van der Waals surface area contributed by atoms with Crippen molar-refractivity contribution in [3.8, 4) is 0 Å². The molecular formula is C10H13BrN6O2. The highest BCUT2D eigenvalue weighted by Gasteiger charge is 2.19. The van der Waals surface area contributed by atoms with Crippen molar-refractivity contribution in [2.24, 2.45) is 12.8 Å². The van der Waals surface area contributed by atoms with E-state index in [-0.39, 0.29) is 6.61 Å². The van der Waals surface area contributed by atoms with Crippen LogP contribution < -0.4 is 11.1 Å². The molecule has 0 aromatic carbocycles. The number of ether oxygens (including phenoxy) is 1. The van der Waals surface area contributed by atoms with Gasteiger partial charge in [0.1, 0.15) is 22.8 Å². The summed E-state index contributed by atoms with van der Waals surface area (Å²) in [5.74, 6) is -0.0422. The molecule has 1 amide bonds. The Kier molecular flexibility index (Phi) is 3.96. The lowest BCUT2D eigenvalue weighted by Gasteiger charge is -2.15. The fraction of sp³-hybridized carbons (Fsp3) is 0.400. The number of hydrogen-bond acceptors (Lipinski definition) is 6. The van der Waals surface area contributed by atoms with Crippen LogP contribution >= 0.6 is 15.9 Å². The Morgan fingerprint density at radius 1 is 1.63 bits per heavy atom. The van der Waals surface area contributed by atoms with Crippen molar-refractivity contribution >= 4 is 38.7 Å². The molecule has 2 aromatic rings. The van der Waals surface area contributed by atoms with E-state index in [4.69, 9.17) is 10.5 Å². The molecule has 0 aliphatic rings. The maximum absolute atomic E-state index is 11.3. The fourth-order valence-corrected chi connectivity index (χ4v) is 2.28. The van der Waals surface area contributed by atoms with Crippen molar-refractivity contribution in [3.05, 3.63) is 10.9 Å². The molecule has 0 aliphatic carbocycles. The van der Waals surface area contributed by atoms with Gasteiger partial charge in [-0.15, -0.1) is 0 Å². The van der Waals surface area contributed by atoms with Crippen LogP contribution in [0.4, 0.5) is 5.82 Å². The van der Waals surface area contributed by atoms with Gasteiger partial charge in [-0.25, -0.2) is 14.6 Å². The Hall–Kier alpha value is -1.74. The number of nitrogens with two attached hydrogens (primary N) is 1. The molecule has 0 bridgehead atoms. The van der Waals surface area contributed by atoms with Gasteiger partial charge in [-0.2, -0.15) is 5.10 Å². The first-order valence-corrected chi connectivity index (χ1v) is 6.22. The average Bonchev–Trinajstić information content (AvgIpc) is 2.65. The lowest BCUT2D eigenvalue weighted by Crippen LogP contribution is -2.39. The van der Waals surface area contributed by atoms with Crippen LogP contribution in [0.1, 0.15) is 0 Å². The molecule has 2 heterocycles. The summed E-state index contributed by atoms with van der Waals surface area (Å²) < 4.78 is 7.15. The quantitative estimate of drug-likeness (QED) is 0.802. The third-order valence-electron chi connectivity index (χ3n) is 2.57. The molecule has 0 radical (unpaired) electrons. The highest BCUT2D eigenvalue weighted by atomic mass is 79.9. The van der Waals surface area contributed by atoms with E-state index in [0.29, 0.717) is 21.5 Å². The van der Waals surface area contributed by atoms with Gasteiger partial charge in [0.05, 0.1) is 12.0 Å². The number of nitrogens with zero attached hydrogens (tertiary/aromatic N) is 4. The van der Waals surface area contributed by atoms with E-state index >= 15 is 0 Å². The third-order valence-corrected chi connectivity index (χ3v) is 3.12. The molecule has 8 nitrogen and oxygen atoms in total. The van der Waals surface area contributed by atoms with Gasteiger partial charge in [-0.3, -0.25) is 4.79 Å². The highest BCUT2D eigenvalue weighted by molar-refractivity contribution is 9.10. The molecule has 1 atom stereocenters. The smallest absolute Gasteiger partial charge is 0.242 e.